The molecule has 0 N–H and O–H groups in total. The predicted octanol–water partition coefficient (Wildman–Crippen LogP) is 4.39. The molecule has 20 heavy (non-hydrogen) atoms. The summed E-state index contributed by atoms with van der Waals surface area (Å²) >= 11 is 11.0. The lowest BCUT2D eigenvalue weighted by atomic mass is 10.1. The first-order valence-corrected chi connectivity index (χ1v) is 8.19. The summed E-state index contributed by atoms with van der Waals surface area (Å²) in [5, 5.41) is 2.39. The van der Waals surface area contributed by atoms with Crippen molar-refractivity contribution in [1.82, 2.24) is 9.88 Å². The van der Waals surface area contributed by atoms with Gasteiger partial charge in [-0.3, -0.25) is 4.79 Å². The van der Waals surface area contributed by atoms with Crippen LogP contribution >= 0.6 is 38.9 Å². The Labute approximate surface area is 135 Å². The van der Waals surface area contributed by atoms with Crippen LogP contribution in [0.3, 0.4) is 0 Å². The number of carbonyl (C=O) groups excluding carboxylic acids is 1. The summed E-state index contributed by atoms with van der Waals surface area (Å²) in [6.45, 7) is 2.56. The van der Waals surface area contributed by atoms with E-state index < -0.39 is 0 Å². The van der Waals surface area contributed by atoms with E-state index in [1.165, 1.54) is 0 Å². The lowest BCUT2D eigenvalue weighted by Gasteiger charge is -2.17. The average Bonchev–Trinajstić information content (AvgIpc) is 2.82. The fourth-order valence-electron chi connectivity index (χ4n) is 1.85. The van der Waals surface area contributed by atoms with Crippen molar-refractivity contribution in [2.45, 2.75) is 19.9 Å². The van der Waals surface area contributed by atoms with E-state index in [0.717, 1.165) is 21.5 Å². The van der Waals surface area contributed by atoms with E-state index in [1.807, 2.05) is 18.4 Å². The molecule has 2 heterocycles. The van der Waals surface area contributed by atoms with Gasteiger partial charge in [-0.2, -0.15) is 0 Å². The van der Waals surface area contributed by atoms with Gasteiger partial charge in [0.2, 0.25) is 0 Å². The highest BCUT2D eigenvalue weighted by molar-refractivity contribution is 9.11. The first-order valence-electron chi connectivity index (χ1n) is 6.14. The van der Waals surface area contributed by atoms with Gasteiger partial charge in [0.1, 0.15) is 5.15 Å². The Bertz CT molecular complexity index is 629. The summed E-state index contributed by atoms with van der Waals surface area (Å²) < 4.78 is 1.06. The first kappa shape index (κ1) is 15.5. The minimum atomic E-state index is -0.0497. The SMILES string of the molecule is CCc1cc(C(=O)N(C)Cc2csc(Br)c2)cc(Cl)n1. The topological polar surface area (TPSA) is 33.2 Å². The van der Waals surface area contributed by atoms with Gasteiger partial charge in [-0.15, -0.1) is 11.3 Å². The maximum atomic E-state index is 12.4. The Morgan fingerprint density at radius 1 is 1.45 bits per heavy atom. The van der Waals surface area contributed by atoms with Crippen LogP contribution in [0, 0.1) is 0 Å². The quantitative estimate of drug-likeness (QED) is 0.745. The molecule has 0 fully saturated rings. The zero-order chi connectivity index (χ0) is 14.7. The van der Waals surface area contributed by atoms with Crippen molar-refractivity contribution < 1.29 is 4.79 Å². The van der Waals surface area contributed by atoms with Gasteiger partial charge < -0.3 is 4.90 Å². The molecule has 0 aliphatic heterocycles. The molecule has 0 saturated carbocycles. The Balaban J connectivity index is 2.15. The molecule has 0 atom stereocenters. The number of carbonyl (C=O) groups is 1. The molecule has 6 heteroatoms. The van der Waals surface area contributed by atoms with E-state index in [1.54, 1.807) is 35.4 Å². The van der Waals surface area contributed by atoms with Crippen LogP contribution in [-0.2, 0) is 13.0 Å². The first-order chi connectivity index (χ1) is 9.49. The maximum absolute atomic E-state index is 12.4. The average molecular weight is 374 g/mol. The highest BCUT2D eigenvalue weighted by atomic mass is 79.9. The second-order valence-electron chi connectivity index (χ2n) is 4.44. The van der Waals surface area contributed by atoms with Gasteiger partial charge in [0.25, 0.3) is 5.91 Å². The number of aryl methyl sites for hydroxylation is 1. The second-order valence-corrected chi connectivity index (χ2v) is 7.12. The highest BCUT2D eigenvalue weighted by Crippen LogP contribution is 2.22. The smallest absolute Gasteiger partial charge is 0.254 e. The van der Waals surface area contributed by atoms with Gasteiger partial charge in [-0.1, -0.05) is 18.5 Å². The summed E-state index contributed by atoms with van der Waals surface area (Å²) in [5.41, 5.74) is 2.51. The summed E-state index contributed by atoms with van der Waals surface area (Å²) in [6, 6.07) is 5.43. The van der Waals surface area contributed by atoms with Crippen LogP contribution < -0.4 is 0 Å². The van der Waals surface area contributed by atoms with Crippen LogP contribution in [0.5, 0.6) is 0 Å². The molecule has 0 aliphatic rings. The second kappa shape index (κ2) is 6.70. The highest BCUT2D eigenvalue weighted by Gasteiger charge is 2.14. The molecule has 2 aromatic rings. The third kappa shape index (κ3) is 3.81. The number of amides is 1. The number of halogens is 2. The molecule has 0 bridgehead atoms. The van der Waals surface area contributed by atoms with Gasteiger partial charge in [0.15, 0.2) is 0 Å². The van der Waals surface area contributed by atoms with E-state index in [9.17, 15) is 4.79 Å². The van der Waals surface area contributed by atoms with Crippen molar-refractivity contribution in [2.75, 3.05) is 7.05 Å². The minimum absolute atomic E-state index is 0.0497. The number of hydrogen-bond donors (Lipinski definition) is 0. The molecule has 3 nitrogen and oxygen atoms in total. The van der Waals surface area contributed by atoms with Crippen LogP contribution in [0.4, 0.5) is 0 Å². The van der Waals surface area contributed by atoms with Crippen molar-refractivity contribution in [3.05, 3.63) is 49.3 Å². The third-order valence-electron chi connectivity index (χ3n) is 2.84. The predicted molar refractivity (Wildman–Crippen MR) is 86.4 cm³/mol. The van der Waals surface area contributed by atoms with Gasteiger partial charge in [-0.25, -0.2) is 4.98 Å². The van der Waals surface area contributed by atoms with Gasteiger partial charge in [0, 0.05) is 24.8 Å². The van der Waals surface area contributed by atoms with E-state index in [4.69, 9.17) is 11.6 Å². The summed E-state index contributed by atoms with van der Waals surface area (Å²) in [7, 11) is 1.79. The van der Waals surface area contributed by atoms with Crippen LogP contribution in [0.2, 0.25) is 5.15 Å². The zero-order valence-electron chi connectivity index (χ0n) is 11.2. The Morgan fingerprint density at radius 3 is 2.80 bits per heavy atom. The molecule has 0 radical (unpaired) electrons. The number of thiophene rings is 1. The maximum Gasteiger partial charge on any atom is 0.254 e. The summed E-state index contributed by atoms with van der Waals surface area (Å²) in [6.07, 6.45) is 0.752. The van der Waals surface area contributed by atoms with Crippen LogP contribution in [0.15, 0.2) is 27.4 Å². The van der Waals surface area contributed by atoms with E-state index in [-0.39, 0.29) is 5.91 Å². The molecule has 0 spiro atoms. The number of nitrogens with zero attached hydrogens (tertiary/aromatic N) is 2. The molecule has 0 aliphatic carbocycles. The van der Waals surface area contributed by atoms with Crippen molar-refractivity contribution in [3.8, 4) is 0 Å². The van der Waals surface area contributed by atoms with Crippen molar-refractivity contribution in [1.29, 1.82) is 0 Å². The number of rotatable bonds is 4. The fraction of sp³-hybridized carbons (Fsp3) is 0.286. The zero-order valence-corrected chi connectivity index (χ0v) is 14.3. The Morgan fingerprint density at radius 2 is 2.20 bits per heavy atom. The number of aromatic nitrogens is 1. The largest absolute Gasteiger partial charge is 0.337 e. The molecule has 0 aromatic carbocycles. The fourth-order valence-corrected chi connectivity index (χ4v) is 3.28. The molecular weight excluding hydrogens is 360 g/mol. The Hall–Kier alpha value is -0.910. The lowest BCUT2D eigenvalue weighted by molar-refractivity contribution is 0.0785. The van der Waals surface area contributed by atoms with Crippen LogP contribution in [-0.4, -0.2) is 22.8 Å². The van der Waals surface area contributed by atoms with Gasteiger partial charge in [0.05, 0.1) is 3.79 Å². The van der Waals surface area contributed by atoms with Gasteiger partial charge in [-0.05, 0) is 51.5 Å². The Kier molecular flexibility index (Phi) is 5.18. The van der Waals surface area contributed by atoms with Crippen molar-refractivity contribution in [3.63, 3.8) is 0 Å². The third-order valence-corrected chi connectivity index (χ3v) is 4.59. The van der Waals surface area contributed by atoms with Crippen LogP contribution in [0.25, 0.3) is 0 Å². The molecule has 0 unspecified atom stereocenters. The monoisotopic (exact) mass is 372 g/mol. The molecule has 106 valence electrons. The normalized spacial score (nSPS) is 10.6. The van der Waals surface area contributed by atoms with Crippen molar-refractivity contribution in [2.24, 2.45) is 0 Å². The molecular formula is C14H14BrClN2OS. The molecule has 0 saturated heterocycles. The molecule has 2 rings (SSSR count). The van der Waals surface area contributed by atoms with Gasteiger partial charge >= 0.3 is 0 Å². The minimum Gasteiger partial charge on any atom is -0.337 e. The standard InChI is InChI=1S/C14H14BrClN2OS/c1-3-11-5-10(6-13(16)17-11)14(19)18(2)7-9-4-12(15)20-8-9/h4-6,8H,3,7H2,1-2H3. The van der Waals surface area contributed by atoms with Crippen LogP contribution in [0.1, 0.15) is 28.5 Å². The number of hydrogen-bond acceptors (Lipinski definition) is 3. The number of pyridine rings is 1. The summed E-state index contributed by atoms with van der Waals surface area (Å²) in [5.74, 6) is -0.0497. The lowest BCUT2D eigenvalue weighted by Crippen LogP contribution is -2.26. The molecule has 2 aromatic heterocycles. The van der Waals surface area contributed by atoms with E-state index in [2.05, 4.69) is 20.9 Å². The van der Waals surface area contributed by atoms with E-state index >= 15 is 0 Å². The van der Waals surface area contributed by atoms with Crippen molar-refractivity contribution >= 4 is 44.8 Å². The summed E-state index contributed by atoms with van der Waals surface area (Å²) in [4.78, 5) is 18.3. The molecule has 1 amide bonds. The van der Waals surface area contributed by atoms with E-state index in [0.29, 0.717) is 17.3 Å².